The van der Waals surface area contributed by atoms with Crippen molar-refractivity contribution in [2.75, 3.05) is 25.1 Å². The minimum Gasteiger partial charge on any atom is -0.490 e. The minimum absolute atomic E-state index is 0.265. The fourth-order valence-electron chi connectivity index (χ4n) is 4.90. The lowest BCUT2D eigenvalue weighted by molar-refractivity contribution is -0.138. The summed E-state index contributed by atoms with van der Waals surface area (Å²) in [5.41, 5.74) is 4.68. The Morgan fingerprint density at radius 1 is 0.949 bits per heavy atom. The number of ether oxygens (including phenoxy) is 3. The van der Waals surface area contributed by atoms with Crippen LogP contribution in [0.1, 0.15) is 51.3 Å². The van der Waals surface area contributed by atoms with E-state index < -0.39 is 6.04 Å². The van der Waals surface area contributed by atoms with Crippen molar-refractivity contribution in [2.45, 2.75) is 40.2 Å². The second-order valence-corrected chi connectivity index (χ2v) is 9.87. The van der Waals surface area contributed by atoms with Gasteiger partial charge in [-0.3, -0.25) is 4.57 Å². The first-order chi connectivity index (χ1) is 19.0. The lowest BCUT2D eigenvalue weighted by Crippen LogP contribution is -2.29. The number of anilines is 1. The van der Waals surface area contributed by atoms with Crippen molar-refractivity contribution in [1.82, 2.24) is 9.55 Å². The molecular weight excluding hydrogens is 490 g/mol. The molecule has 202 valence electrons. The predicted molar refractivity (Wildman–Crippen MR) is 154 cm³/mol. The summed E-state index contributed by atoms with van der Waals surface area (Å²) in [6.07, 6.45) is 0.947. The average molecular weight is 526 g/mol. The molecule has 0 bridgehead atoms. The number of para-hydroxylation sites is 2. The summed E-state index contributed by atoms with van der Waals surface area (Å²) in [7, 11) is 0. The zero-order valence-electron chi connectivity index (χ0n) is 22.9. The molecular formula is C32H35N3O4. The maximum Gasteiger partial charge on any atom is 0.338 e. The van der Waals surface area contributed by atoms with Gasteiger partial charge in [0.2, 0.25) is 5.95 Å². The maximum atomic E-state index is 13.7. The van der Waals surface area contributed by atoms with Crippen molar-refractivity contribution >= 4 is 28.6 Å². The molecule has 0 spiro atoms. The summed E-state index contributed by atoms with van der Waals surface area (Å²) in [6, 6.07) is 23.2. The van der Waals surface area contributed by atoms with E-state index in [9.17, 15) is 4.79 Å². The highest BCUT2D eigenvalue weighted by Gasteiger charge is 2.37. The van der Waals surface area contributed by atoms with Crippen molar-refractivity contribution in [3.63, 3.8) is 0 Å². The molecule has 7 heteroatoms. The van der Waals surface area contributed by atoms with Gasteiger partial charge in [-0.2, -0.15) is 0 Å². The first-order valence-electron chi connectivity index (χ1n) is 13.6. The fourth-order valence-corrected chi connectivity index (χ4v) is 4.90. The molecule has 1 aliphatic heterocycles. The van der Waals surface area contributed by atoms with Crippen LogP contribution in [0.4, 0.5) is 5.95 Å². The van der Waals surface area contributed by atoms with Crippen molar-refractivity contribution in [2.24, 2.45) is 5.92 Å². The zero-order valence-corrected chi connectivity index (χ0v) is 22.9. The van der Waals surface area contributed by atoms with E-state index in [2.05, 4.69) is 23.7 Å². The first-order valence-corrected chi connectivity index (χ1v) is 13.6. The number of rotatable bonds is 10. The summed E-state index contributed by atoms with van der Waals surface area (Å²) in [5, 5.41) is 3.46. The highest BCUT2D eigenvalue weighted by Crippen LogP contribution is 2.44. The Morgan fingerprint density at radius 2 is 1.72 bits per heavy atom. The van der Waals surface area contributed by atoms with Crippen molar-refractivity contribution < 1.29 is 19.0 Å². The molecule has 1 atom stereocenters. The number of nitrogens with one attached hydrogen (secondary N) is 1. The molecule has 39 heavy (non-hydrogen) atoms. The summed E-state index contributed by atoms with van der Waals surface area (Å²) >= 11 is 0. The number of imidazole rings is 1. The van der Waals surface area contributed by atoms with Crippen molar-refractivity contribution in [3.8, 4) is 11.5 Å². The Hall–Kier alpha value is -4.26. The Labute approximate surface area is 229 Å². The molecule has 1 aliphatic rings. The normalized spacial score (nSPS) is 14.7. The molecule has 0 fully saturated rings. The lowest BCUT2D eigenvalue weighted by Gasteiger charge is -2.31. The number of hydrogen-bond acceptors (Lipinski definition) is 6. The number of aromatic nitrogens is 2. The zero-order chi connectivity index (χ0) is 27.4. The number of hydrogen-bond donors (Lipinski definition) is 1. The quantitative estimate of drug-likeness (QED) is 0.228. The second-order valence-electron chi connectivity index (χ2n) is 9.87. The van der Waals surface area contributed by atoms with Crippen LogP contribution in [0.25, 0.3) is 16.7 Å². The van der Waals surface area contributed by atoms with Gasteiger partial charge < -0.3 is 19.5 Å². The molecule has 0 saturated carbocycles. The van der Waals surface area contributed by atoms with Gasteiger partial charge >= 0.3 is 5.97 Å². The van der Waals surface area contributed by atoms with E-state index in [1.807, 2.05) is 86.6 Å². The van der Waals surface area contributed by atoms with E-state index in [1.165, 1.54) is 0 Å². The summed E-state index contributed by atoms with van der Waals surface area (Å²) in [6.45, 7) is 9.48. The molecule has 0 saturated heterocycles. The topological polar surface area (TPSA) is 74.6 Å². The first kappa shape index (κ1) is 26.4. The molecule has 4 aromatic rings. The van der Waals surface area contributed by atoms with Gasteiger partial charge in [-0.05, 0) is 61.6 Å². The maximum absolute atomic E-state index is 13.7. The smallest absolute Gasteiger partial charge is 0.338 e. The standard InChI is InChI=1S/C32H35N3O4/c1-5-37-27-20-23(16-17-26(27)39-19-18-21(3)4)30-28(31(36)38-6-2)29(22-12-8-7-9-13-22)34-32-33-24-14-10-11-15-25(24)35(30)32/h7-17,20-21,30H,5-6,18-19H2,1-4H3,(H,33,34)/t30-/m0/s1. The van der Waals surface area contributed by atoms with Gasteiger partial charge in [0, 0.05) is 0 Å². The summed E-state index contributed by atoms with van der Waals surface area (Å²) < 4.78 is 19.9. The van der Waals surface area contributed by atoms with Crippen molar-refractivity contribution in [1.29, 1.82) is 0 Å². The molecule has 1 N–H and O–H groups in total. The SMILES string of the molecule is CCOC(=O)C1=C(c2ccccc2)Nc2nc3ccccc3n2[C@H]1c1ccc(OCCC(C)C)c(OCC)c1. The number of nitrogens with zero attached hydrogens (tertiary/aromatic N) is 2. The largest absolute Gasteiger partial charge is 0.490 e. The van der Waals surface area contributed by atoms with Crippen LogP contribution >= 0.6 is 0 Å². The van der Waals surface area contributed by atoms with Gasteiger partial charge in [-0.15, -0.1) is 0 Å². The molecule has 0 unspecified atom stereocenters. The van der Waals surface area contributed by atoms with Gasteiger partial charge in [0.15, 0.2) is 11.5 Å². The van der Waals surface area contributed by atoms with Crippen LogP contribution in [-0.2, 0) is 9.53 Å². The van der Waals surface area contributed by atoms with Crippen LogP contribution in [0, 0.1) is 5.92 Å². The van der Waals surface area contributed by atoms with Crippen molar-refractivity contribution in [3.05, 3.63) is 89.5 Å². The predicted octanol–water partition coefficient (Wildman–Crippen LogP) is 6.85. The van der Waals surface area contributed by atoms with Gasteiger partial charge in [0.1, 0.15) is 0 Å². The van der Waals surface area contributed by atoms with Crippen LogP contribution in [0.5, 0.6) is 11.5 Å². The van der Waals surface area contributed by atoms with Crippen LogP contribution in [-0.4, -0.2) is 35.3 Å². The Kier molecular flexibility index (Phi) is 7.87. The monoisotopic (exact) mass is 525 g/mol. The van der Waals surface area contributed by atoms with Gasteiger partial charge in [0.05, 0.1) is 48.2 Å². The number of benzene rings is 3. The van der Waals surface area contributed by atoms with Crippen LogP contribution < -0.4 is 14.8 Å². The molecule has 0 aliphatic carbocycles. The Morgan fingerprint density at radius 3 is 2.46 bits per heavy atom. The number of fused-ring (bicyclic) bond motifs is 3. The second kappa shape index (κ2) is 11.6. The van der Waals surface area contributed by atoms with Crippen LogP contribution in [0.2, 0.25) is 0 Å². The number of carbonyl (C=O) groups is 1. The highest BCUT2D eigenvalue weighted by molar-refractivity contribution is 6.03. The third-order valence-electron chi connectivity index (χ3n) is 6.73. The molecule has 0 radical (unpaired) electrons. The molecule has 2 heterocycles. The summed E-state index contributed by atoms with van der Waals surface area (Å²) in [4.78, 5) is 18.6. The minimum atomic E-state index is -0.508. The lowest BCUT2D eigenvalue weighted by atomic mass is 9.92. The Bertz CT molecular complexity index is 1490. The van der Waals surface area contributed by atoms with Gasteiger partial charge in [-0.1, -0.05) is 62.4 Å². The van der Waals surface area contributed by atoms with E-state index in [0.29, 0.717) is 47.8 Å². The Balaban J connectivity index is 1.72. The van der Waals surface area contributed by atoms with Gasteiger partial charge in [0.25, 0.3) is 0 Å². The molecule has 5 rings (SSSR count). The number of carbonyl (C=O) groups excluding carboxylic acids is 1. The highest BCUT2D eigenvalue weighted by atomic mass is 16.5. The summed E-state index contributed by atoms with van der Waals surface area (Å²) in [5.74, 6) is 2.15. The number of esters is 1. The van der Waals surface area contributed by atoms with E-state index in [4.69, 9.17) is 19.2 Å². The fraction of sp³-hybridized carbons (Fsp3) is 0.312. The van der Waals surface area contributed by atoms with E-state index in [0.717, 1.165) is 28.6 Å². The van der Waals surface area contributed by atoms with Gasteiger partial charge in [-0.25, -0.2) is 9.78 Å². The van der Waals surface area contributed by atoms with Crippen LogP contribution in [0.15, 0.2) is 78.4 Å². The third kappa shape index (κ3) is 5.35. The van der Waals surface area contributed by atoms with Crippen LogP contribution in [0.3, 0.4) is 0 Å². The molecule has 0 amide bonds. The average Bonchev–Trinajstić information content (AvgIpc) is 3.32. The van der Waals surface area contributed by atoms with E-state index >= 15 is 0 Å². The van der Waals surface area contributed by atoms with E-state index in [-0.39, 0.29) is 12.6 Å². The molecule has 3 aromatic carbocycles. The third-order valence-corrected chi connectivity index (χ3v) is 6.73. The molecule has 7 nitrogen and oxygen atoms in total. The molecule has 1 aromatic heterocycles. The van der Waals surface area contributed by atoms with E-state index in [1.54, 1.807) is 0 Å².